The number of phosphoric ester groups is 1. The van der Waals surface area contributed by atoms with Crippen LogP contribution in [-0.2, 0) is 14.2 Å². The molecule has 0 atom stereocenters. The Hall–Kier alpha value is 0.0300. The fraction of sp³-hybridized carbons (Fsp3) is 1.00. The molecule has 1 aliphatic heterocycles. The van der Waals surface area contributed by atoms with Crippen molar-refractivity contribution in [3.05, 3.63) is 0 Å². The first kappa shape index (κ1) is 13.1. The number of nitrogens with zero attached hydrogens (tertiary/aromatic N) is 1. The summed E-state index contributed by atoms with van der Waals surface area (Å²) in [7, 11) is -4.34. The predicted molar refractivity (Wildman–Crippen MR) is 52.8 cm³/mol. The number of phosphoric acid groups is 1. The van der Waals surface area contributed by atoms with E-state index in [1.165, 1.54) is 0 Å². The predicted octanol–water partition coefficient (Wildman–Crippen LogP) is 0.381. The van der Waals surface area contributed by atoms with E-state index in [9.17, 15) is 9.67 Å². The Balaban J connectivity index is 2.21. The Labute approximate surface area is 89.1 Å². The van der Waals surface area contributed by atoms with E-state index >= 15 is 0 Å². The highest BCUT2D eigenvalue weighted by atomic mass is 31.2. The van der Waals surface area contributed by atoms with Crippen molar-refractivity contribution in [2.45, 2.75) is 25.4 Å². The van der Waals surface area contributed by atoms with Crippen molar-refractivity contribution >= 4 is 7.82 Å². The summed E-state index contributed by atoms with van der Waals surface area (Å²) < 4.78 is 15.2. The zero-order valence-electron chi connectivity index (χ0n) is 8.54. The average molecular weight is 238 g/mol. The van der Waals surface area contributed by atoms with Crippen molar-refractivity contribution in [2.24, 2.45) is 0 Å². The van der Waals surface area contributed by atoms with Gasteiger partial charge in [0.15, 0.2) is 0 Å². The van der Waals surface area contributed by atoms with Crippen LogP contribution >= 0.6 is 7.82 Å². The van der Waals surface area contributed by atoms with Gasteiger partial charge in [0.25, 0.3) is 0 Å². The largest absolute Gasteiger partial charge is 0.469 e. The highest BCUT2D eigenvalue weighted by Crippen LogP contribution is 2.39. The van der Waals surface area contributed by atoms with E-state index in [-0.39, 0.29) is 12.7 Å². The van der Waals surface area contributed by atoms with Crippen molar-refractivity contribution in [3.8, 4) is 0 Å². The topological polar surface area (TPSA) is 89.9 Å². The van der Waals surface area contributed by atoms with Gasteiger partial charge in [-0.05, 0) is 19.3 Å². The van der Waals surface area contributed by atoms with Crippen molar-refractivity contribution in [1.82, 2.24) is 4.90 Å². The van der Waals surface area contributed by atoms with Crippen LogP contribution in [0.3, 0.4) is 0 Å². The summed E-state index contributed by atoms with van der Waals surface area (Å²) in [5, 5.41) is 10.3. The zero-order chi connectivity index (χ0) is 11.3. The second-order valence-electron chi connectivity index (χ2n) is 3.69. The third-order valence-corrected chi connectivity index (χ3v) is 3.01. The molecule has 0 aromatic heterocycles. The van der Waals surface area contributed by atoms with Gasteiger partial charge in [0.1, 0.15) is 0 Å². The highest BCUT2D eigenvalue weighted by molar-refractivity contribution is 7.46. The fourth-order valence-electron chi connectivity index (χ4n) is 1.72. The molecule has 1 heterocycles. The molecule has 0 aliphatic carbocycles. The van der Waals surface area contributed by atoms with Crippen molar-refractivity contribution in [3.63, 3.8) is 0 Å². The SMILES string of the molecule is [O]CCCN1CCC(OP(=O)(O)O)CC1. The van der Waals surface area contributed by atoms with Crippen LogP contribution in [0.4, 0.5) is 0 Å². The molecule has 6 nitrogen and oxygen atoms in total. The molecule has 2 N–H and O–H groups in total. The number of hydrogen-bond donors (Lipinski definition) is 2. The molecular formula is C8H17NO5P. The van der Waals surface area contributed by atoms with Crippen LogP contribution in [0.1, 0.15) is 19.3 Å². The first-order valence-electron chi connectivity index (χ1n) is 5.05. The quantitative estimate of drug-likeness (QED) is 0.676. The van der Waals surface area contributed by atoms with Crippen molar-refractivity contribution in [2.75, 3.05) is 26.2 Å². The lowest BCUT2D eigenvalue weighted by Gasteiger charge is -2.31. The lowest BCUT2D eigenvalue weighted by atomic mass is 10.1. The summed E-state index contributed by atoms with van der Waals surface area (Å²) in [6.45, 7) is 2.18. The lowest BCUT2D eigenvalue weighted by Crippen LogP contribution is -2.37. The Morgan fingerprint density at radius 3 is 2.40 bits per heavy atom. The maximum Gasteiger partial charge on any atom is 0.469 e. The molecule has 1 radical (unpaired) electrons. The summed E-state index contributed by atoms with van der Waals surface area (Å²) in [5.74, 6) is 0. The van der Waals surface area contributed by atoms with E-state index in [1.807, 2.05) is 0 Å². The number of likely N-dealkylation sites (tertiary alicyclic amines) is 1. The van der Waals surface area contributed by atoms with Gasteiger partial charge >= 0.3 is 7.82 Å². The minimum absolute atomic E-state index is 0.0705. The average Bonchev–Trinajstić information content (AvgIpc) is 2.14. The molecule has 1 rings (SSSR count). The highest BCUT2D eigenvalue weighted by Gasteiger charge is 2.26. The fourth-order valence-corrected chi connectivity index (χ4v) is 2.32. The Morgan fingerprint density at radius 1 is 1.33 bits per heavy atom. The standard InChI is InChI=1S/C8H17NO5P/c10-7-1-4-9-5-2-8(3-6-9)14-15(11,12)13/h8H,1-7H2,(H2,11,12,13). The van der Waals surface area contributed by atoms with E-state index in [2.05, 4.69) is 9.42 Å². The molecule has 0 spiro atoms. The van der Waals surface area contributed by atoms with E-state index in [0.29, 0.717) is 19.3 Å². The Kier molecular flexibility index (Phi) is 5.18. The van der Waals surface area contributed by atoms with Crippen LogP contribution in [-0.4, -0.2) is 47.0 Å². The van der Waals surface area contributed by atoms with E-state index < -0.39 is 7.82 Å². The van der Waals surface area contributed by atoms with Crippen LogP contribution < -0.4 is 0 Å². The maximum atomic E-state index is 10.6. The summed E-state index contributed by atoms with van der Waals surface area (Å²) in [6.07, 6.45) is 1.51. The third-order valence-electron chi connectivity index (χ3n) is 2.44. The lowest BCUT2D eigenvalue weighted by molar-refractivity contribution is 0.0669. The monoisotopic (exact) mass is 238 g/mol. The summed E-state index contributed by atoms with van der Waals surface area (Å²) in [6, 6.07) is 0. The Morgan fingerprint density at radius 2 is 1.93 bits per heavy atom. The van der Waals surface area contributed by atoms with Crippen LogP contribution in [0.5, 0.6) is 0 Å². The van der Waals surface area contributed by atoms with Gasteiger partial charge in [0.05, 0.1) is 12.7 Å². The molecule has 0 bridgehead atoms. The summed E-state index contributed by atoms with van der Waals surface area (Å²) in [4.78, 5) is 19.3. The van der Waals surface area contributed by atoms with Crippen LogP contribution in [0, 0.1) is 0 Å². The van der Waals surface area contributed by atoms with Crippen LogP contribution in [0.25, 0.3) is 0 Å². The molecule has 0 amide bonds. The molecule has 1 aliphatic rings. The summed E-state index contributed by atoms with van der Waals surface area (Å²) in [5.41, 5.74) is 0. The van der Waals surface area contributed by atoms with E-state index in [4.69, 9.17) is 9.79 Å². The van der Waals surface area contributed by atoms with Gasteiger partial charge in [-0.25, -0.2) is 9.67 Å². The number of piperidine rings is 1. The summed E-state index contributed by atoms with van der Waals surface area (Å²) >= 11 is 0. The normalized spacial score (nSPS) is 20.7. The van der Waals surface area contributed by atoms with Gasteiger partial charge in [-0.15, -0.1) is 0 Å². The van der Waals surface area contributed by atoms with Gasteiger partial charge < -0.3 is 14.7 Å². The van der Waals surface area contributed by atoms with E-state index in [0.717, 1.165) is 19.6 Å². The molecule has 1 saturated heterocycles. The molecule has 0 saturated carbocycles. The molecule has 7 heteroatoms. The molecule has 89 valence electrons. The third kappa shape index (κ3) is 5.61. The minimum Gasteiger partial charge on any atom is -0.303 e. The number of hydrogen-bond acceptors (Lipinski definition) is 3. The molecule has 15 heavy (non-hydrogen) atoms. The van der Waals surface area contributed by atoms with Gasteiger partial charge in [-0.2, -0.15) is 0 Å². The minimum atomic E-state index is -4.34. The van der Waals surface area contributed by atoms with Gasteiger partial charge in [0.2, 0.25) is 0 Å². The zero-order valence-corrected chi connectivity index (χ0v) is 9.44. The van der Waals surface area contributed by atoms with E-state index in [1.54, 1.807) is 0 Å². The molecule has 0 unspecified atom stereocenters. The second-order valence-corrected chi connectivity index (χ2v) is 4.89. The molecular weight excluding hydrogens is 221 g/mol. The Bertz CT molecular complexity index is 223. The number of rotatable bonds is 5. The molecule has 0 aromatic rings. The molecule has 1 fully saturated rings. The van der Waals surface area contributed by atoms with Gasteiger partial charge in [-0.1, -0.05) is 0 Å². The maximum absolute atomic E-state index is 10.6. The van der Waals surface area contributed by atoms with Crippen molar-refractivity contribution in [1.29, 1.82) is 0 Å². The van der Waals surface area contributed by atoms with Gasteiger partial charge in [0, 0.05) is 19.6 Å². The van der Waals surface area contributed by atoms with Gasteiger partial charge in [-0.3, -0.25) is 4.52 Å². The molecule has 0 aromatic carbocycles. The van der Waals surface area contributed by atoms with Crippen LogP contribution in [0.2, 0.25) is 0 Å². The van der Waals surface area contributed by atoms with Crippen LogP contribution in [0.15, 0.2) is 0 Å². The first-order valence-corrected chi connectivity index (χ1v) is 6.59. The van der Waals surface area contributed by atoms with Crippen molar-refractivity contribution < 1.29 is 24.0 Å². The smallest absolute Gasteiger partial charge is 0.303 e. The first-order chi connectivity index (χ1) is 7.01. The second kappa shape index (κ2) is 5.94.